The van der Waals surface area contributed by atoms with Gasteiger partial charge in [0.15, 0.2) is 0 Å². The lowest BCUT2D eigenvalue weighted by Crippen LogP contribution is -2.10. The molecule has 1 aliphatic rings. The first-order valence-electron chi connectivity index (χ1n) is 6.50. The Balaban J connectivity index is 2.12. The minimum atomic E-state index is 0.143. The van der Waals surface area contributed by atoms with Crippen molar-refractivity contribution in [2.24, 2.45) is 10.2 Å². The minimum absolute atomic E-state index is 0.143. The number of benzene rings is 1. The molecule has 0 bridgehead atoms. The average molecular weight is 305 g/mol. The fourth-order valence-electron chi connectivity index (χ4n) is 1.92. The fraction of sp³-hybridized carbons (Fsp3) is 0.333. The van der Waals surface area contributed by atoms with Crippen molar-refractivity contribution in [3.8, 4) is 5.75 Å². The van der Waals surface area contributed by atoms with Gasteiger partial charge in [0, 0.05) is 37.8 Å². The number of ether oxygens (including phenoxy) is 1. The van der Waals surface area contributed by atoms with Gasteiger partial charge in [0.1, 0.15) is 10.8 Å². The Kier molecular flexibility index (Phi) is 4.90. The third kappa shape index (κ3) is 3.78. The summed E-state index contributed by atoms with van der Waals surface area (Å²) in [5, 5.41) is 18.4. The molecule has 0 aromatic heterocycles. The van der Waals surface area contributed by atoms with E-state index in [1.54, 1.807) is 7.11 Å². The smallest absolute Gasteiger partial charge is 0.130 e. The SMILES string of the molecule is C=C(O)CSC1=NN=C(c2ccc(N(C)C)cc2OC)C1. The van der Waals surface area contributed by atoms with Crippen molar-refractivity contribution < 1.29 is 9.84 Å². The maximum Gasteiger partial charge on any atom is 0.130 e. The Hall–Kier alpha value is -1.95. The van der Waals surface area contributed by atoms with E-state index in [0.29, 0.717) is 12.2 Å². The first-order valence-corrected chi connectivity index (χ1v) is 7.48. The molecule has 6 heteroatoms. The number of hydrogen-bond donors (Lipinski definition) is 1. The Morgan fingerprint density at radius 3 is 2.81 bits per heavy atom. The second-order valence-corrected chi connectivity index (χ2v) is 5.90. The van der Waals surface area contributed by atoms with Crippen molar-refractivity contribution in [2.45, 2.75) is 6.42 Å². The van der Waals surface area contributed by atoms with Gasteiger partial charge in [-0.1, -0.05) is 6.58 Å². The Morgan fingerprint density at radius 1 is 1.43 bits per heavy atom. The van der Waals surface area contributed by atoms with E-state index in [9.17, 15) is 0 Å². The van der Waals surface area contributed by atoms with Crippen LogP contribution in [0.15, 0.2) is 40.7 Å². The average Bonchev–Trinajstić information content (AvgIpc) is 2.93. The summed E-state index contributed by atoms with van der Waals surface area (Å²) >= 11 is 1.45. The van der Waals surface area contributed by atoms with Gasteiger partial charge in [-0.3, -0.25) is 0 Å². The highest BCUT2D eigenvalue weighted by Gasteiger charge is 2.19. The van der Waals surface area contributed by atoms with Crippen molar-refractivity contribution in [3.63, 3.8) is 0 Å². The lowest BCUT2D eigenvalue weighted by atomic mass is 10.1. The molecule has 0 amide bonds. The Bertz CT molecular complexity index is 609. The predicted molar refractivity (Wildman–Crippen MR) is 90.1 cm³/mol. The zero-order valence-electron chi connectivity index (χ0n) is 12.5. The maximum atomic E-state index is 9.13. The van der Waals surface area contributed by atoms with Crippen molar-refractivity contribution in [1.82, 2.24) is 0 Å². The third-order valence-corrected chi connectivity index (χ3v) is 4.06. The second kappa shape index (κ2) is 6.67. The van der Waals surface area contributed by atoms with Crippen molar-refractivity contribution in [3.05, 3.63) is 36.1 Å². The number of aliphatic hydroxyl groups is 1. The van der Waals surface area contributed by atoms with Crippen LogP contribution < -0.4 is 9.64 Å². The van der Waals surface area contributed by atoms with Gasteiger partial charge in [-0.05, 0) is 12.1 Å². The molecule has 0 saturated heterocycles. The Labute approximate surface area is 129 Å². The fourth-order valence-corrected chi connectivity index (χ4v) is 2.59. The summed E-state index contributed by atoms with van der Waals surface area (Å²) < 4.78 is 5.46. The topological polar surface area (TPSA) is 57.4 Å². The summed E-state index contributed by atoms with van der Waals surface area (Å²) in [6.07, 6.45) is 0.648. The summed E-state index contributed by atoms with van der Waals surface area (Å²) in [5.74, 6) is 1.37. The number of nitrogens with zero attached hydrogens (tertiary/aromatic N) is 3. The van der Waals surface area contributed by atoms with Gasteiger partial charge in [-0.15, -0.1) is 16.9 Å². The molecule has 0 atom stereocenters. The summed E-state index contributed by atoms with van der Waals surface area (Å²) in [4.78, 5) is 2.02. The first-order chi connectivity index (χ1) is 10.0. The number of aliphatic hydroxyl groups excluding tert-OH is 1. The molecule has 0 radical (unpaired) electrons. The molecule has 2 rings (SSSR count). The Morgan fingerprint density at radius 2 is 2.19 bits per heavy atom. The monoisotopic (exact) mass is 305 g/mol. The van der Waals surface area contributed by atoms with Crippen LogP contribution in [0.5, 0.6) is 5.75 Å². The number of hydrogen-bond acceptors (Lipinski definition) is 6. The minimum Gasteiger partial charge on any atom is -0.512 e. The molecule has 0 spiro atoms. The second-order valence-electron chi connectivity index (χ2n) is 4.85. The lowest BCUT2D eigenvalue weighted by Gasteiger charge is -2.15. The molecule has 5 nitrogen and oxygen atoms in total. The standard InChI is InChI=1S/C15H19N3O2S/c1-10(19)9-21-15-8-13(16-17-15)12-6-5-11(18(2)3)7-14(12)20-4/h5-7,19H,1,8-9H2,2-4H3. The third-order valence-electron chi connectivity index (χ3n) is 3.02. The van der Waals surface area contributed by atoms with Crippen molar-refractivity contribution in [1.29, 1.82) is 0 Å². The lowest BCUT2D eigenvalue weighted by molar-refractivity contribution is 0.414. The molecule has 1 aliphatic heterocycles. The highest BCUT2D eigenvalue weighted by molar-refractivity contribution is 8.14. The van der Waals surface area contributed by atoms with E-state index in [4.69, 9.17) is 9.84 Å². The molecular weight excluding hydrogens is 286 g/mol. The summed E-state index contributed by atoms with van der Waals surface area (Å²) in [6, 6.07) is 6.01. The number of thioether (sulfide) groups is 1. The van der Waals surface area contributed by atoms with E-state index >= 15 is 0 Å². The van der Waals surface area contributed by atoms with Gasteiger partial charge in [0.25, 0.3) is 0 Å². The molecule has 0 aliphatic carbocycles. The van der Waals surface area contributed by atoms with Gasteiger partial charge in [-0.2, -0.15) is 5.10 Å². The number of methoxy groups -OCH3 is 1. The molecular formula is C15H19N3O2S. The van der Waals surface area contributed by atoms with Crippen LogP contribution in [-0.4, -0.2) is 42.8 Å². The number of rotatable bonds is 5. The summed E-state index contributed by atoms with van der Waals surface area (Å²) in [6.45, 7) is 3.46. The van der Waals surface area contributed by atoms with Gasteiger partial charge >= 0.3 is 0 Å². The van der Waals surface area contributed by atoms with Crippen LogP contribution in [0, 0.1) is 0 Å². The van der Waals surface area contributed by atoms with E-state index < -0.39 is 0 Å². The quantitative estimate of drug-likeness (QED) is 0.849. The van der Waals surface area contributed by atoms with Crippen LogP contribution in [-0.2, 0) is 0 Å². The van der Waals surface area contributed by atoms with Crippen LogP contribution in [0.25, 0.3) is 0 Å². The maximum absolute atomic E-state index is 9.13. The molecule has 1 aromatic rings. The predicted octanol–water partition coefficient (Wildman–Crippen LogP) is 3.07. The van der Waals surface area contributed by atoms with E-state index in [1.807, 2.05) is 37.2 Å². The molecule has 1 N–H and O–H groups in total. The molecule has 0 saturated carbocycles. The zero-order chi connectivity index (χ0) is 15.4. The largest absolute Gasteiger partial charge is 0.512 e. The summed E-state index contributed by atoms with van der Waals surface area (Å²) in [7, 11) is 5.63. The number of anilines is 1. The van der Waals surface area contributed by atoms with Gasteiger partial charge in [0.2, 0.25) is 0 Å². The van der Waals surface area contributed by atoms with E-state index in [0.717, 1.165) is 27.8 Å². The van der Waals surface area contributed by atoms with Crippen molar-refractivity contribution >= 4 is 28.2 Å². The van der Waals surface area contributed by atoms with Crippen LogP contribution in [0.4, 0.5) is 5.69 Å². The molecule has 21 heavy (non-hydrogen) atoms. The van der Waals surface area contributed by atoms with Crippen LogP contribution in [0.3, 0.4) is 0 Å². The van der Waals surface area contributed by atoms with Gasteiger partial charge < -0.3 is 14.7 Å². The van der Waals surface area contributed by atoms with E-state index in [-0.39, 0.29) is 5.76 Å². The summed E-state index contributed by atoms with van der Waals surface area (Å²) in [5.41, 5.74) is 2.90. The van der Waals surface area contributed by atoms with E-state index in [2.05, 4.69) is 16.8 Å². The zero-order valence-corrected chi connectivity index (χ0v) is 13.3. The first kappa shape index (κ1) is 15.4. The van der Waals surface area contributed by atoms with Crippen LogP contribution >= 0.6 is 11.8 Å². The molecule has 1 heterocycles. The van der Waals surface area contributed by atoms with Crippen molar-refractivity contribution in [2.75, 3.05) is 31.9 Å². The van der Waals surface area contributed by atoms with Crippen LogP contribution in [0.1, 0.15) is 12.0 Å². The molecule has 1 aromatic carbocycles. The van der Waals surface area contributed by atoms with Gasteiger partial charge in [0.05, 0.1) is 24.3 Å². The van der Waals surface area contributed by atoms with Gasteiger partial charge in [-0.25, -0.2) is 0 Å². The molecule has 112 valence electrons. The molecule has 0 fully saturated rings. The van der Waals surface area contributed by atoms with Crippen LogP contribution in [0.2, 0.25) is 0 Å². The van der Waals surface area contributed by atoms with E-state index in [1.165, 1.54) is 11.8 Å². The molecule has 0 unspecified atom stereocenters. The highest BCUT2D eigenvalue weighted by Crippen LogP contribution is 2.29. The normalized spacial score (nSPS) is 13.7. The highest BCUT2D eigenvalue weighted by atomic mass is 32.2.